The summed E-state index contributed by atoms with van der Waals surface area (Å²) < 4.78 is 4.79. The van der Waals surface area contributed by atoms with Gasteiger partial charge in [0.2, 0.25) is 0 Å². The molecule has 114 valence electrons. The number of hydrogen-bond donors (Lipinski definition) is 1. The Bertz CT molecular complexity index is 494. The van der Waals surface area contributed by atoms with Gasteiger partial charge in [0.1, 0.15) is 6.10 Å². The summed E-state index contributed by atoms with van der Waals surface area (Å²) in [5.41, 5.74) is 1.30. The van der Waals surface area contributed by atoms with Crippen molar-refractivity contribution in [3.05, 3.63) is 54.1 Å². The zero-order chi connectivity index (χ0) is 16.3. The lowest BCUT2D eigenvalue weighted by Gasteiger charge is -2.08. The lowest BCUT2D eigenvalue weighted by Crippen LogP contribution is -2.16. The highest BCUT2D eigenvalue weighted by molar-refractivity contribution is 6.18. The highest BCUT2D eigenvalue weighted by Crippen LogP contribution is 2.00. The molecule has 0 heterocycles. The third kappa shape index (κ3) is 10.4. The predicted octanol–water partition coefficient (Wildman–Crippen LogP) is 3.52. The number of ether oxygens (including phenoxy) is 1. The Morgan fingerprint density at radius 3 is 2.38 bits per heavy atom. The summed E-state index contributed by atoms with van der Waals surface area (Å²) in [5, 5.41) is 8.29. The van der Waals surface area contributed by atoms with E-state index >= 15 is 0 Å². The van der Waals surface area contributed by atoms with Crippen molar-refractivity contribution >= 4 is 29.6 Å². The summed E-state index contributed by atoms with van der Waals surface area (Å²) in [5.74, 6) is -0.985. The van der Waals surface area contributed by atoms with Gasteiger partial charge in [-0.1, -0.05) is 36.9 Å². The van der Waals surface area contributed by atoms with Gasteiger partial charge in [-0.3, -0.25) is 0 Å². The molecule has 1 unspecified atom stereocenters. The summed E-state index contributed by atoms with van der Waals surface area (Å²) in [6.07, 6.45) is 2.45. The Hall–Kier alpha value is -2.07. The molecule has 0 spiro atoms. The summed E-state index contributed by atoms with van der Waals surface area (Å²) in [4.78, 5) is 20.8. The number of carboxylic acid groups (broad SMARTS) is 1. The zero-order valence-corrected chi connectivity index (χ0v) is 12.8. The van der Waals surface area contributed by atoms with Crippen molar-refractivity contribution in [1.82, 2.24) is 0 Å². The van der Waals surface area contributed by atoms with Crippen molar-refractivity contribution in [3.8, 4) is 0 Å². The fraction of sp³-hybridized carbons (Fsp3) is 0.250. The molecule has 1 rings (SSSR count). The van der Waals surface area contributed by atoms with Crippen LogP contribution in [0.25, 0.3) is 6.08 Å². The molecule has 0 aliphatic heterocycles. The first kappa shape index (κ1) is 18.9. The molecule has 0 radical (unpaired) electrons. The number of aliphatic carboxylic acids is 1. The molecule has 4 nitrogen and oxygen atoms in total. The van der Waals surface area contributed by atoms with Gasteiger partial charge in [0, 0.05) is 11.6 Å². The van der Waals surface area contributed by atoms with Crippen molar-refractivity contribution in [3.63, 3.8) is 0 Å². The Morgan fingerprint density at radius 1 is 1.38 bits per heavy atom. The second-order valence-corrected chi connectivity index (χ2v) is 4.54. The minimum Gasteiger partial charge on any atom is -0.478 e. The average molecular weight is 311 g/mol. The van der Waals surface area contributed by atoms with E-state index < -0.39 is 5.97 Å². The maximum absolute atomic E-state index is 10.7. The molecule has 0 aromatic heterocycles. The van der Waals surface area contributed by atoms with Gasteiger partial charge in [0.25, 0.3) is 0 Å². The number of rotatable bonds is 5. The zero-order valence-electron chi connectivity index (χ0n) is 12.1. The maximum atomic E-state index is 10.7. The number of hydrogen-bond acceptors (Lipinski definition) is 3. The number of benzene rings is 1. The molecule has 0 aliphatic rings. The number of carbonyl (C=O) groups is 2. The van der Waals surface area contributed by atoms with Crippen molar-refractivity contribution in [1.29, 1.82) is 0 Å². The molecule has 1 atom stereocenters. The van der Waals surface area contributed by atoms with Crippen LogP contribution >= 0.6 is 11.6 Å². The van der Waals surface area contributed by atoms with Gasteiger partial charge in [-0.05, 0) is 25.5 Å². The van der Waals surface area contributed by atoms with E-state index in [0.717, 1.165) is 11.6 Å². The second-order valence-electron chi connectivity index (χ2n) is 4.23. The first-order valence-electron chi connectivity index (χ1n) is 6.25. The fourth-order valence-corrected chi connectivity index (χ4v) is 1.11. The van der Waals surface area contributed by atoms with E-state index in [4.69, 9.17) is 21.4 Å². The third-order valence-corrected chi connectivity index (χ3v) is 2.53. The Labute approximate surface area is 129 Å². The molecule has 1 aromatic carbocycles. The van der Waals surface area contributed by atoms with Crippen LogP contribution in [-0.2, 0) is 14.3 Å². The van der Waals surface area contributed by atoms with Gasteiger partial charge in [-0.2, -0.15) is 0 Å². The van der Waals surface area contributed by atoms with Crippen LogP contribution in [0.2, 0.25) is 0 Å². The Kier molecular flexibility index (Phi) is 9.63. The van der Waals surface area contributed by atoms with E-state index in [1.54, 1.807) is 19.9 Å². The number of carboxylic acids is 1. The average Bonchev–Trinajstić information content (AvgIpc) is 2.46. The van der Waals surface area contributed by atoms with E-state index in [0.29, 0.717) is 11.5 Å². The maximum Gasteiger partial charge on any atom is 0.333 e. The summed E-state index contributed by atoms with van der Waals surface area (Å²) in [7, 11) is 0. The minimum absolute atomic E-state index is 0.231. The topological polar surface area (TPSA) is 63.6 Å². The molecule has 0 aliphatic carbocycles. The Balaban J connectivity index is 0.000000384. The van der Waals surface area contributed by atoms with E-state index in [-0.39, 0.29) is 12.1 Å². The first-order valence-corrected chi connectivity index (χ1v) is 6.78. The molecule has 0 fully saturated rings. The summed E-state index contributed by atoms with van der Waals surface area (Å²) in [6.45, 7) is 6.76. The molecule has 1 N–H and O–H groups in total. The smallest absolute Gasteiger partial charge is 0.333 e. The standard InChI is InChI=1S/C9H8O2.C7H11ClO2/c10-9(11)7-6-8-4-2-1-3-5-8;1-5(2)7(9)10-6(3)4-8/h1-7H,(H,10,11);6H,1,4H2,2-3H3. The lowest BCUT2D eigenvalue weighted by molar-refractivity contribution is -0.142. The van der Waals surface area contributed by atoms with Crippen LogP contribution in [0.4, 0.5) is 0 Å². The highest BCUT2D eigenvalue weighted by atomic mass is 35.5. The van der Waals surface area contributed by atoms with Crippen LogP contribution in [0, 0.1) is 0 Å². The molecule has 0 saturated heterocycles. The van der Waals surface area contributed by atoms with Crippen LogP contribution in [0.15, 0.2) is 48.6 Å². The highest BCUT2D eigenvalue weighted by Gasteiger charge is 2.07. The molecule has 0 amide bonds. The van der Waals surface area contributed by atoms with E-state index in [2.05, 4.69) is 6.58 Å². The Morgan fingerprint density at radius 2 is 1.95 bits per heavy atom. The van der Waals surface area contributed by atoms with Gasteiger partial charge in [-0.25, -0.2) is 9.59 Å². The van der Waals surface area contributed by atoms with Crippen LogP contribution in [0.5, 0.6) is 0 Å². The molecular formula is C16H19ClO4. The molecule has 0 saturated carbocycles. The summed E-state index contributed by atoms with van der Waals surface area (Å²) >= 11 is 5.39. The summed E-state index contributed by atoms with van der Waals surface area (Å²) in [6, 6.07) is 9.31. The minimum atomic E-state index is -0.922. The van der Waals surface area contributed by atoms with Crippen LogP contribution < -0.4 is 0 Å². The molecule has 0 bridgehead atoms. The lowest BCUT2D eigenvalue weighted by atomic mass is 10.2. The largest absolute Gasteiger partial charge is 0.478 e. The van der Waals surface area contributed by atoms with Crippen molar-refractivity contribution in [2.75, 3.05) is 5.88 Å². The fourth-order valence-electron chi connectivity index (χ4n) is 1.05. The number of halogens is 1. The third-order valence-electron chi connectivity index (χ3n) is 2.09. The number of esters is 1. The van der Waals surface area contributed by atoms with E-state index in [1.807, 2.05) is 30.3 Å². The first-order chi connectivity index (χ1) is 9.86. The quantitative estimate of drug-likeness (QED) is 0.513. The van der Waals surface area contributed by atoms with Gasteiger partial charge < -0.3 is 9.84 Å². The SMILES string of the molecule is C=C(C)C(=O)OC(C)CCl.O=C(O)C=Cc1ccccc1. The second kappa shape index (κ2) is 10.7. The van der Waals surface area contributed by atoms with Gasteiger partial charge in [-0.15, -0.1) is 11.6 Å². The van der Waals surface area contributed by atoms with E-state index in [9.17, 15) is 9.59 Å². The van der Waals surface area contributed by atoms with Crippen molar-refractivity contribution in [2.24, 2.45) is 0 Å². The number of alkyl halides is 1. The van der Waals surface area contributed by atoms with Crippen LogP contribution in [-0.4, -0.2) is 29.0 Å². The van der Waals surface area contributed by atoms with Gasteiger partial charge >= 0.3 is 11.9 Å². The number of carbonyl (C=O) groups excluding carboxylic acids is 1. The molecule has 5 heteroatoms. The monoisotopic (exact) mass is 310 g/mol. The molecular weight excluding hydrogens is 292 g/mol. The normalized spacial score (nSPS) is 11.2. The van der Waals surface area contributed by atoms with Crippen LogP contribution in [0.1, 0.15) is 19.4 Å². The van der Waals surface area contributed by atoms with E-state index in [1.165, 1.54) is 0 Å². The van der Waals surface area contributed by atoms with Gasteiger partial charge in [0.15, 0.2) is 0 Å². The van der Waals surface area contributed by atoms with Crippen molar-refractivity contribution < 1.29 is 19.4 Å². The van der Waals surface area contributed by atoms with Gasteiger partial charge in [0.05, 0.1) is 5.88 Å². The van der Waals surface area contributed by atoms with Crippen molar-refractivity contribution in [2.45, 2.75) is 20.0 Å². The predicted molar refractivity (Wildman–Crippen MR) is 84.2 cm³/mol. The molecule has 21 heavy (non-hydrogen) atoms. The van der Waals surface area contributed by atoms with Crippen LogP contribution in [0.3, 0.4) is 0 Å². The molecule has 1 aromatic rings.